The molecule has 28 heavy (non-hydrogen) atoms. The Morgan fingerprint density at radius 2 is 1.82 bits per heavy atom. The molecule has 0 aliphatic carbocycles. The van der Waals surface area contributed by atoms with Gasteiger partial charge in [-0.15, -0.1) is 12.4 Å². The maximum Gasteiger partial charge on any atom is 0.123 e. The molecule has 0 saturated heterocycles. The molecule has 0 N–H and O–H groups in total. The minimum Gasteiger partial charge on any atom is -0.338 e. The first kappa shape index (κ1) is 19.6. The average molecular weight is 392 g/mol. The summed E-state index contributed by atoms with van der Waals surface area (Å²) in [5, 5.41) is 10.3. The molecule has 140 valence electrons. The number of nitriles is 1. The number of aromatic nitrogens is 2. The van der Waals surface area contributed by atoms with E-state index < -0.39 is 0 Å². The van der Waals surface area contributed by atoms with Crippen LogP contribution in [0.5, 0.6) is 0 Å². The molecule has 0 amide bonds. The minimum absolute atomic E-state index is 0. The molecule has 0 unspecified atom stereocenters. The molecule has 4 rings (SSSR count). The van der Waals surface area contributed by atoms with E-state index in [0.29, 0.717) is 12.1 Å². The number of pyridine rings is 1. The summed E-state index contributed by atoms with van der Waals surface area (Å²) in [6, 6.07) is 18.3. The lowest BCUT2D eigenvalue weighted by Crippen LogP contribution is -2.03. The van der Waals surface area contributed by atoms with E-state index in [2.05, 4.69) is 29.5 Å². The van der Waals surface area contributed by atoms with Gasteiger partial charge in [-0.2, -0.15) is 5.26 Å². The van der Waals surface area contributed by atoms with Crippen molar-refractivity contribution in [2.45, 2.75) is 20.4 Å². The molecule has 4 aromatic rings. The smallest absolute Gasteiger partial charge is 0.123 e. The number of hydrogen-bond donors (Lipinski definition) is 0. The Morgan fingerprint density at radius 3 is 2.54 bits per heavy atom. The SMILES string of the molecule is Cc1c(C)n(Cc2cccc(C#N)c2)c2c(-c3ccc(F)cc3)nccc12.Cl. The zero-order valence-electron chi connectivity index (χ0n) is 15.6. The summed E-state index contributed by atoms with van der Waals surface area (Å²) in [6.07, 6.45) is 1.80. The quantitative estimate of drug-likeness (QED) is 0.442. The van der Waals surface area contributed by atoms with Crippen molar-refractivity contribution >= 4 is 23.3 Å². The topological polar surface area (TPSA) is 41.6 Å². The van der Waals surface area contributed by atoms with E-state index in [0.717, 1.165) is 33.4 Å². The van der Waals surface area contributed by atoms with E-state index in [-0.39, 0.29) is 18.2 Å². The molecule has 2 aromatic heterocycles. The van der Waals surface area contributed by atoms with Crippen molar-refractivity contribution in [2.75, 3.05) is 0 Å². The fraction of sp³-hybridized carbons (Fsp3) is 0.130. The molecular formula is C23H19ClFN3. The molecular weight excluding hydrogens is 373 g/mol. The van der Waals surface area contributed by atoms with Gasteiger partial charge < -0.3 is 4.57 Å². The van der Waals surface area contributed by atoms with E-state index >= 15 is 0 Å². The largest absolute Gasteiger partial charge is 0.338 e. The molecule has 0 fully saturated rings. The highest BCUT2D eigenvalue weighted by molar-refractivity contribution is 5.95. The molecule has 3 nitrogen and oxygen atoms in total. The first-order valence-corrected chi connectivity index (χ1v) is 8.78. The van der Waals surface area contributed by atoms with Gasteiger partial charge in [-0.1, -0.05) is 12.1 Å². The first-order chi connectivity index (χ1) is 13.1. The third kappa shape index (κ3) is 3.37. The fourth-order valence-corrected chi connectivity index (χ4v) is 3.53. The summed E-state index contributed by atoms with van der Waals surface area (Å²) >= 11 is 0. The Hall–Kier alpha value is -3.16. The highest BCUT2D eigenvalue weighted by Gasteiger charge is 2.16. The maximum atomic E-state index is 13.4. The van der Waals surface area contributed by atoms with Crippen LogP contribution in [0.1, 0.15) is 22.4 Å². The number of aryl methyl sites for hydroxylation is 1. The van der Waals surface area contributed by atoms with Crippen molar-refractivity contribution in [1.29, 1.82) is 5.26 Å². The van der Waals surface area contributed by atoms with Crippen molar-refractivity contribution in [3.63, 3.8) is 0 Å². The minimum atomic E-state index is -0.262. The lowest BCUT2D eigenvalue weighted by atomic mass is 10.1. The number of nitrogens with zero attached hydrogens (tertiary/aromatic N) is 3. The predicted octanol–water partition coefficient (Wildman–Crippen LogP) is 5.80. The molecule has 0 atom stereocenters. The monoisotopic (exact) mass is 391 g/mol. The van der Waals surface area contributed by atoms with Crippen LogP contribution in [0, 0.1) is 31.0 Å². The van der Waals surface area contributed by atoms with E-state index in [1.165, 1.54) is 17.7 Å². The van der Waals surface area contributed by atoms with Crippen LogP contribution in [0.15, 0.2) is 60.8 Å². The Balaban J connectivity index is 0.00000225. The zero-order chi connectivity index (χ0) is 19.0. The van der Waals surface area contributed by atoms with Gasteiger partial charge in [0, 0.05) is 29.4 Å². The number of benzene rings is 2. The lowest BCUT2D eigenvalue weighted by molar-refractivity contribution is 0.628. The molecule has 0 spiro atoms. The summed E-state index contributed by atoms with van der Waals surface area (Å²) < 4.78 is 15.6. The van der Waals surface area contributed by atoms with Crippen molar-refractivity contribution in [3.05, 3.63) is 89.0 Å². The number of fused-ring (bicyclic) bond motifs is 1. The number of rotatable bonds is 3. The Bertz CT molecular complexity index is 1190. The van der Waals surface area contributed by atoms with Crippen molar-refractivity contribution in [1.82, 2.24) is 9.55 Å². The highest BCUT2D eigenvalue weighted by Crippen LogP contribution is 2.33. The van der Waals surface area contributed by atoms with Gasteiger partial charge in [-0.3, -0.25) is 4.98 Å². The van der Waals surface area contributed by atoms with Crippen LogP contribution in [0.25, 0.3) is 22.2 Å². The third-order valence-electron chi connectivity index (χ3n) is 5.06. The van der Waals surface area contributed by atoms with Crippen LogP contribution in [0.4, 0.5) is 4.39 Å². The van der Waals surface area contributed by atoms with Crippen LogP contribution in [-0.2, 0) is 6.54 Å². The van der Waals surface area contributed by atoms with Gasteiger partial charge in [0.15, 0.2) is 0 Å². The van der Waals surface area contributed by atoms with Gasteiger partial charge in [0.05, 0.1) is 22.8 Å². The summed E-state index contributed by atoms with van der Waals surface area (Å²) in [4.78, 5) is 4.60. The van der Waals surface area contributed by atoms with Gasteiger partial charge in [-0.25, -0.2) is 4.39 Å². The second-order valence-corrected chi connectivity index (χ2v) is 6.67. The Morgan fingerprint density at radius 1 is 1.07 bits per heavy atom. The number of halogens is 2. The van der Waals surface area contributed by atoms with Crippen LogP contribution in [-0.4, -0.2) is 9.55 Å². The Labute approximate surface area is 169 Å². The van der Waals surface area contributed by atoms with Gasteiger partial charge >= 0.3 is 0 Å². The van der Waals surface area contributed by atoms with Gasteiger partial charge in [-0.05, 0) is 67.4 Å². The third-order valence-corrected chi connectivity index (χ3v) is 5.06. The summed E-state index contributed by atoms with van der Waals surface area (Å²) in [5.41, 5.74) is 6.81. The molecule has 2 aromatic carbocycles. The molecule has 5 heteroatoms. The van der Waals surface area contributed by atoms with Gasteiger partial charge in [0.25, 0.3) is 0 Å². The van der Waals surface area contributed by atoms with Gasteiger partial charge in [0.2, 0.25) is 0 Å². The Kier molecular flexibility index (Phi) is 5.48. The van der Waals surface area contributed by atoms with Crippen molar-refractivity contribution in [3.8, 4) is 17.3 Å². The summed E-state index contributed by atoms with van der Waals surface area (Å²) in [5.74, 6) is -0.262. The second-order valence-electron chi connectivity index (χ2n) is 6.67. The lowest BCUT2D eigenvalue weighted by Gasteiger charge is -2.12. The maximum absolute atomic E-state index is 13.4. The first-order valence-electron chi connectivity index (χ1n) is 8.78. The molecule has 2 heterocycles. The fourth-order valence-electron chi connectivity index (χ4n) is 3.53. The van der Waals surface area contributed by atoms with Crippen LogP contribution >= 0.6 is 12.4 Å². The van der Waals surface area contributed by atoms with Crippen molar-refractivity contribution in [2.24, 2.45) is 0 Å². The molecule has 0 saturated carbocycles. The molecule has 0 aliphatic heterocycles. The van der Waals surface area contributed by atoms with E-state index in [4.69, 9.17) is 0 Å². The summed E-state index contributed by atoms with van der Waals surface area (Å²) in [7, 11) is 0. The zero-order valence-corrected chi connectivity index (χ0v) is 16.4. The second kappa shape index (κ2) is 7.84. The molecule has 0 bridgehead atoms. The van der Waals surface area contributed by atoms with Crippen LogP contribution in [0.2, 0.25) is 0 Å². The van der Waals surface area contributed by atoms with Crippen LogP contribution < -0.4 is 0 Å². The highest BCUT2D eigenvalue weighted by atomic mass is 35.5. The van der Waals surface area contributed by atoms with E-state index in [9.17, 15) is 9.65 Å². The summed E-state index contributed by atoms with van der Waals surface area (Å²) in [6.45, 7) is 4.85. The molecule has 0 radical (unpaired) electrons. The average Bonchev–Trinajstić information content (AvgIpc) is 2.94. The van der Waals surface area contributed by atoms with E-state index in [1.54, 1.807) is 24.4 Å². The van der Waals surface area contributed by atoms with E-state index in [1.807, 2.05) is 24.3 Å². The van der Waals surface area contributed by atoms with Crippen LogP contribution in [0.3, 0.4) is 0 Å². The standard InChI is InChI=1S/C23H18FN3.ClH/c1-15-16(2)27(14-18-5-3-4-17(12-18)13-25)23-21(15)10-11-26-22(23)19-6-8-20(24)9-7-19;/h3-12H,14H2,1-2H3;1H. The normalized spacial score (nSPS) is 10.5. The van der Waals surface area contributed by atoms with Gasteiger partial charge in [0.1, 0.15) is 5.82 Å². The van der Waals surface area contributed by atoms with Crippen molar-refractivity contribution < 1.29 is 4.39 Å². The predicted molar refractivity (Wildman–Crippen MR) is 112 cm³/mol. The number of hydrogen-bond acceptors (Lipinski definition) is 2. The molecule has 0 aliphatic rings.